The summed E-state index contributed by atoms with van der Waals surface area (Å²) in [5, 5.41) is 0. The van der Waals surface area contributed by atoms with Crippen LogP contribution in [-0.2, 0) is 11.8 Å². The third kappa shape index (κ3) is 9.71. The second-order valence-electron chi connectivity index (χ2n) is 8.89. The molecule has 0 bridgehead atoms. The zero-order valence-corrected chi connectivity index (χ0v) is 18.9. The molecule has 1 aromatic carbocycles. The fraction of sp³-hybridized carbons (Fsp3) is 0.500. The number of rotatable bonds is 1. The van der Waals surface area contributed by atoms with Crippen LogP contribution in [0.1, 0.15) is 78.5 Å². The van der Waals surface area contributed by atoms with Crippen LogP contribution in [0, 0.1) is 18.3 Å². The van der Waals surface area contributed by atoms with Crippen molar-refractivity contribution in [2.24, 2.45) is 5.41 Å². The SMILES string of the molecule is C#C.C/C(Br)=C\CC(C)(C)C.CC1=Cc2ccc(C(C)(C)C)cc2C1. The lowest BCUT2D eigenvalue weighted by Crippen LogP contribution is -2.11. The quantitative estimate of drug-likeness (QED) is 0.418. The Kier molecular flexibility index (Phi) is 9.52. The lowest BCUT2D eigenvalue weighted by Gasteiger charge is -2.19. The normalized spacial score (nSPS) is 13.7. The molecule has 1 aliphatic carbocycles. The Bertz CT molecular complexity index is 624. The van der Waals surface area contributed by atoms with E-state index in [2.05, 4.69) is 115 Å². The predicted molar refractivity (Wildman–Crippen MR) is 119 cm³/mol. The molecule has 0 spiro atoms. The molecule has 0 atom stereocenters. The maximum Gasteiger partial charge on any atom is -0.00605 e. The average Bonchev–Trinajstić information content (AvgIpc) is 2.85. The van der Waals surface area contributed by atoms with Gasteiger partial charge in [-0.15, -0.1) is 12.8 Å². The molecule has 138 valence electrons. The van der Waals surface area contributed by atoms with Gasteiger partial charge in [-0.25, -0.2) is 0 Å². The highest BCUT2D eigenvalue weighted by Crippen LogP contribution is 2.30. The van der Waals surface area contributed by atoms with Gasteiger partial charge in [-0.3, -0.25) is 0 Å². The van der Waals surface area contributed by atoms with Crippen molar-refractivity contribution in [3.63, 3.8) is 0 Å². The maximum atomic E-state index is 4.00. The number of halogens is 1. The first kappa shape index (κ1) is 23.7. The molecule has 0 radical (unpaired) electrons. The highest BCUT2D eigenvalue weighted by atomic mass is 79.9. The molecule has 2 rings (SSSR count). The van der Waals surface area contributed by atoms with Gasteiger partial charge in [0.2, 0.25) is 0 Å². The fourth-order valence-corrected chi connectivity index (χ4v) is 2.59. The summed E-state index contributed by atoms with van der Waals surface area (Å²) in [4.78, 5) is 0. The van der Waals surface area contributed by atoms with Crippen molar-refractivity contribution in [1.82, 2.24) is 0 Å². The minimum Gasteiger partial charge on any atom is -0.124 e. The van der Waals surface area contributed by atoms with E-state index < -0.39 is 0 Å². The minimum atomic E-state index is 0.269. The fourth-order valence-electron chi connectivity index (χ4n) is 2.43. The Morgan fingerprint density at radius 1 is 1.12 bits per heavy atom. The van der Waals surface area contributed by atoms with Crippen molar-refractivity contribution < 1.29 is 0 Å². The van der Waals surface area contributed by atoms with Gasteiger partial charge < -0.3 is 0 Å². The number of terminal acetylenes is 1. The van der Waals surface area contributed by atoms with Gasteiger partial charge in [0.05, 0.1) is 0 Å². The summed E-state index contributed by atoms with van der Waals surface area (Å²) in [5.41, 5.74) is 6.52. The van der Waals surface area contributed by atoms with Crippen LogP contribution in [0.4, 0.5) is 0 Å². The lowest BCUT2D eigenvalue weighted by molar-refractivity contribution is 0.420. The standard InChI is InChI=1S/C14H18.C8H15Br.C2H2/c1-10-7-11-5-6-13(14(2,3)4)9-12(11)8-10;1-7(9)5-6-8(2,3)4;1-2/h5-7,9H,8H2,1-4H3;5H,6H2,1-4H3;1-2H/b;7-5+;. The van der Waals surface area contributed by atoms with Gasteiger partial charge >= 0.3 is 0 Å². The zero-order valence-electron chi connectivity index (χ0n) is 17.3. The minimum absolute atomic E-state index is 0.269. The van der Waals surface area contributed by atoms with Gasteiger partial charge in [0, 0.05) is 0 Å². The Balaban J connectivity index is 0.000000458. The molecule has 1 aliphatic rings. The van der Waals surface area contributed by atoms with Gasteiger partial charge in [0.1, 0.15) is 0 Å². The molecule has 0 nitrogen and oxygen atoms in total. The average molecular weight is 403 g/mol. The Hall–Kier alpha value is -1.26. The van der Waals surface area contributed by atoms with Gasteiger partial charge in [-0.05, 0) is 58.7 Å². The van der Waals surface area contributed by atoms with E-state index in [0.29, 0.717) is 5.41 Å². The van der Waals surface area contributed by atoms with Crippen molar-refractivity contribution >= 4 is 22.0 Å². The van der Waals surface area contributed by atoms with E-state index in [1.807, 2.05) is 0 Å². The molecule has 1 aromatic rings. The summed E-state index contributed by atoms with van der Waals surface area (Å²) in [6.45, 7) is 17.8. The molecule has 0 unspecified atom stereocenters. The van der Waals surface area contributed by atoms with Crippen LogP contribution in [0.2, 0.25) is 0 Å². The predicted octanol–water partition coefficient (Wildman–Crippen LogP) is 7.91. The smallest absolute Gasteiger partial charge is 0.00605 e. The van der Waals surface area contributed by atoms with Crippen LogP contribution in [0.25, 0.3) is 6.08 Å². The number of benzene rings is 1. The van der Waals surface area contributed by atoms with E-state index in [1.165, 1.54) is 26.7 Å². The second-order valence-corrected chi connectivity index (χ2v) is 10.1. The highest BCUT2D eigenvalue weighted by molar-refractivity contribution is 9.11. The molecule has 0 saturated heterocycles. The molecule has 0 fully saturated rings. The van der Waals surface area contributed by atoms with E-state index in [9.17, 15) is 0 Å². The summed E-state index contributed by atoms with van der Waals surface area (Å²) in [6.07, 6.45) is 14.8. The Morgan fingerprint density at radius 3 is 2.08 bits per heavy atom. The lowest BCUT2D eigenvalue weighted by atomic mass is 9.85. The molecule has 0 aliphatic heterocycles. The third-order valence-corrected chi connectivity index (χ3v) is 4.20. The van der Waals surface area contributed by atoms with E-state index >= 15 is 0 Å². The topological polar surface area (TPSA) is 0 Å². The summed E-state index contributed by atoms with van der Waals surface area (Å²) in [7, 11) is 0. The molecule has 0 saturated carbocycles. The molecule has 0 aromatic heterocycles. The Labute approximate surface area is 164 Å². The second kappa shape index (κ2) is 10.0. The van der Waals surface area contributed by atoms with Gasteiger partial charge in [0.15, 0.2) is 0 Å². The van der Waals surface area contributed by atoms with Gasteiger partial charge in [-0.2, -0.15) is 0 Å². The summed E-state index contributed by atoms with van der Waals surface area (Å²) in [5.74, 6) is 0. The zero-order chi connectivity index (χ0) is 19.8. The van der Waals surface area contributed by atoms with Crippen molar-refractivity contribution in [2.45, 2.75) is 73.6 Å². The molecule has 0 amide bonds. The van der Waals surface area contributed by atoms with Crippen molar-refractivity contribution in [1.29, 1.82) is 0 Å². The van der Waals surface area contributed by atoms with Gasteiger partial charge in [0.25, 0.3) is 0 Å². The van der Waals surface area contributed by atoms with Crippen LogP contribution in [0.5, 0.6) is 0 Å². The van der Waals surface area contributed by atoms with Gasteiger partial charge in [-0.1, -0.05) is 93.4 Å². The molecule has 0 N–H and O–H groups in total. The number of hydrogen-bond donors (Lipinski definition) is 0. The van der Waals surface area contributed by atoms with Crippen LogP contribution in [0.3, 0.4) is 0 Å². The Morgan fingerprint density at radius 2 is 1.68 bits per heavy atom. The van der Waals surface area contributed by atoms with Crippen LogP contribution < -0.4 is 0 Å². The highest BCUT2D eigenvalue weighted by Gasteiger charge is 2.17. The van der Waals surface area contributed by atoms with Crippen LogP contribution in [0.15, 0.2) is 34.3 Å². The monoisotopic (exact) mass is 402 g/mol. The summed E-state index contributed by atoms with van der Waals surface area (Å²) < 4.78 is 1.23. The number of fused-ring (bicyclic) bond motifs is 1. The van der Waals surface area contributed by atoms with E-state index in [1.54, 1.807) is 0 Å². The molecule has 0 heterocycles. The first-order valence-corrected chi connectivity index (χ1v) is 9.64. The first-order chi connectivity index (χ1) is 11.4. The van der Waals surface area contributed by atoms with Crippen molar-refractivity contribution in [3.05, 3.63) is 51.0 Å². The molecular formula is C24H35Br. The first-order valence-electron chi connectivity index (χ1n) is 8.85. The molecular weight excluding hydrogens is 368 g/mol. The number of allylic oxidation sites excluding steroid dienone is 3. The molecule has 1 heteroatoms. The summed E-state index contributed by atoms with van der Waals surface area (Å²) >= 11 is 3.39. The summed E-state index contributed by atoms with van der Waals surface area (Å²) in [6, 6.07) is 6.88. The van der Waals surface area contributed by atoms with E-state index in [0.717, 1.165) is 12.8 Å². The van der Waals surface area contributed by atoms with Crippen LogP contribution in [-0.4, -0.2) is 0 Å². The van der Waals surface area contributed by atoms with E-state index in [-0.39, 0.29) is 5.41 Å². The maximum absolute atomic E-state index is 4.00. The van der Waals surface area contributed by atoms with E-state index in [4.69, 9.17) is 0 Å². The van der Waals surface area contributed by atoms with Crippen molar-refractivity contribution in [2.75, 3.05) is 0 Å². The number of hydrogen-bond acceptors (Lipinski definition) is 0. The van der Waals surface area contributed by atoms with Crippen LogP contribution >= 0.6 is 15.9 Å². The third-order valence-electron chi connectivity index (χ3n) is 3.88. The molecule has 25 heavy (non-hydrogen) atoms. The van der Waals surface area contributed by atoms with Crippen molar-refractivity contribution in [3.8, 4) is 12.8 Å². The largest absolute Gasteiger partial charge is 0.124 e.